The molecule has 1 aromatic rings. The fourth-order valence-electron chi connectivity index (χ4n) is 0.539. The summed E-state index contributed by atoms with van der Waals surface area (Å²) in [6.07, 6.45) is 0.729. The third kappa shape index (κ3) is 1.17. The van der Waals surface area contributed by atoms with Gasteiger partial charge in [0.1, 0.15) is 0 Å². The van der Waals surface area contributed by atoms with Crippen molar-refractivity contribution in [3.05, 3.63) is 12.1 Å². The van der Waals surface area contributed by atoms with Gasteiger partial charge in [-0.3, -0.25) is 4.68 Å². The summed E-state index contributed by atoms with van der Waals surface area (Å²) < 4.78 is 33.5. The minimum absolute atomic E-state index is 0.358. The fraction of sp³-hybridized carbons (Fsp3) is 0.250. The van der Waals surface area contributed by atoms with Gasteiger partial charge >= 0.3 is 7.12 Å². The largest absolute Gasteiger partial charge is 0.494 e. The average molecular weight is 147 g/mol. The highest BCUT2D eigenvalue weighted by Gasteiger charge is 2.19. The Bertz CT molecular complexity index is 313. The summed E-state index contributed by atoms with van der Waals surface area (Å²) in [5, 5.41) is 20.1. The zero-order chi connectivity index (χ0) is 10.2. The molecular weight excluding hydrogens is 138 g/mol. The van der Waals surface area contributed by atoms with Crippen LogP contribution in [0.2, 0.25) is 0 Å². The topological polar surface area (TPSA) is 58.3 Å². The Kier molecular flexibility index (Phi) is 0.981. The predicted molar refractivity (Wildman–Crippen MR) is 33.0 cm³/mol. The molecule has 0 atom stereocenters. The Morgan fingerprint density at radius 1 is 1.90 bits per heavy atom. The Labute approximate surface area is 61.3 Å². The lowest BCUT2D eigenvalue weighted by Gasteiger charge is -1.88. The van der Waals surface area contributed by atoms with Crippen molar-refractivity contribution in [2.24, 2.45) is 6.98 Å². The Hall–Kier alpha value is -0.875. The monoisotopic (exact) mass is 147 g/mol. The number of nitrogens with zero attached hydrogens (tertiary/aromatic N) is 2. The average Bonchev–Trinajstić information content (AvgIpc) is 2.29. The van der Waals surface area contributed by atoms with Crippen molar-refractivity contribution in [2.45, 2.75) is 0 Å². The van der Waals surface area contributed by atoms with Crippen LogP contribution in [0.5, 0.6) is 0 Å². The van der Waals surface area contributed by atoms with Gasteiger partial charge in [0.15, 0.2) is 0 Å². The second-order valence-corrected chi connectivity index (χ2v) is 1.69. The first-order valence-electron chi connectivity index (χ1n) is 3.94. The number of aryl methyl sites for hydroxylation is 1. The number of hydrogen-bond donors (Lipinski definition) is 2. The molecule has 0 spiro atoms. The van der Waals surface area contributed by atoms with E-state index in [1.807, 2.05) is 0 Å². The highest BCUT2D eigenvalue weighted by Crippen LogP contribution is 1.87. The second kappa shape index (κ2) is 2.39. The van der Waals surface area contributed by atoms with E-state index in [1.54, 1.807) is 0 Å². The maximum Gasteiger partial charge on any atom is 0.494 e. The van der Waals surface area contributed by atoms with Crippen LogP contribution < -0.4 is 5.46 Å². The van der Waals surface area contributed by atoms with Crippen LogP contribution in [0.4, 0.5) is 4.39 Å². The van der Waals surface area contributed by atoms with Crippen molar-refractivity contribution in [3.63, 3.8) is 0 Å². The highest BCUT2D eigenvalue weighted by atomic mass is 19.1. The van der Waals surface area contributed by atoms with Gasteiger partial charge < -0.3 is 10.0 Å². The zero-order valence-corrected chi connectivity index (χ0v) is 4.82. The Balaban J connectivity index is 3.10. The van der Waals surface area contributed by atoms with E-state index in [4.69, 9.17) is 14.2 Å². The fourth-order valence-corrected chi connectivity index (χ4v) is 0.539. The van der Waals surface area contributed by atoms with Gasteiger partial charge in [-0.05, 0) is 0 Å². The van der Waals surface area contributed by atoms with E-state index in [-0.39, 0.29) is 0 Å². The van der Waals surface area contributed by atoms with Gasteiger partial charge in [-0.15, -0.1) is 5.10 Å². The summed E-state index contributed by atoms with van der Waals surface area (Å²) in [6, 6.07) is 0. The van der Waals surface area contributed by atoms with Gasteiger partial charge in [0, 0.05) is 17.3 Å². The molecule has 1 rings (SSSR count). The maximum absolute atomic E-state index is 12.7. The van der Waals surface area contributed by atoms with Crippen LogP contribution in [0, 0.1) is 5.95 Å². The van der Waals surface area contributed by atoms with Crippen LogP contribution in [0.3, 0.4) is 0 Å². The van der Waals surface area contributed by atoms with E-state index in [9.17, 15) is 4.39 Å². The molecule has 0 unspecified atom stereocenters. The summed E-state index contributed by atoms with van der Waals surface area (Å²) in [5.74, 6) is -1.20. The molecule has 10 heavy (non-hydrogen) atoms. The first kappa shape index (κ1) is 4.10. The number of aromatic nitrogens is 2. The summed E-state index contributed by atoms with van der Waals surface area (Å²) in [4.78, 5) is 0. The minimum atomic E-state index is -2.62. The molecule has 0 aliphatic rings. The molecule has 0 radical (unpaired) electrons. The summed E-state index contributed by atoms with van der Waals surface area (Å²) in [7, 11) is -2.06. The minimum Gasteiger partial charge on any atom is -0.423 e. The van der Waals surface area contributed by atoms with E-state index < -0.39 is 25.5 Å². The van der Waals surface area contributed by atoms with Gasteiger partial charge in [0.05, 0.1) is 5.46 Å². The maximum atomic E-state index is 12.7. The molecule has 54 valence electrons. The van der Waals surface area contributed by atoms with Crippen molar-refractivity contribution in [1.82, 2.24) is 9.78 Å². The smallest absolute Gasteiger partial charge is 0.423 e. The molecule has 1 heterocycles. The number of hydrogen-bond acceptors (Lipinski definition) is 3. The molecular formula is C4H6BFN2O2. The zero-order valence-electron chi connectivity index (χ0n) is 7.82. The van der Waals surface area contributed by atoms with E-state index in [0.717, 1.165) is 6.20 Å². The molecule has 6 heteroatoms. The SMILES string of the molecule is [2H]C([2H])([2H])n1cc(B(O)O)c(F)n1. The predicted octanol–water partition coefficient (Wildman–Crippen LogP) is -1.76. The molecule has 0 saturated heterocycles. The lowest BCUT2D eigenvalue weighted by Crippen LogP contribution is -2.31. The molecule has 0 saturated carbocycles. The van der Waals surface area contributed by atoms with Crippen LogP contribution >= 0.6 is 0 Å². The number of rotatable bonds is 1. The quantitative estimate of drug-likeness (QED) is 0.462. The van der Waals surface area contributed by atoms with Crippen LogP contribution in [0.1, 0.15) is 4.11 Å². The second-order valence-electron chi connectivity index (χ2n) is 1.69. The van der Waals surface area contributed by atoms with Crippen LogP contribution in [0.25, 0.3) is 0 Å². The van der Waals surface area contributed by atoms with Crippen molar-refractivity contribution in [3.8, 4) is 0 Å². The van der Waals surface area contributed by atoms with Crippen molar-refractivity contribution < 1.29 is 18.6 Å². The third-order valence-electron chi connectivity index (χ3n) is 0.973. The summed E-state index contributed by atoms with van der Waals surface area (Å²) >= 11 is 0. The van der Waals surface area contributed by atoms with Gasteiger partial charge in [-0.1, -0.05) is 0 Å². The van der Waals surface area contributed by atoms with Crippen LogP contribution in [0.15, 0.2) is 6.20 Å². The van der Waals surface area contributed by atoms with Gasteiger partial charge in [0.25, 0.3) is 0 Å². The highest BCUT2D eigenvalue weighted by molar-refractivity contribution is 6.58. The van der Waals surface area contributed by atoms with Crippen molar-refractivity contribution in [1.29, 1.82) is 0 Å². The number of halogens is 1. The first-order valence-corrected chi connectivity index (χ1v) is 2.44. The molecule has 0 aliphatic heterocycles. The normalized spacial score (nSPS) is 15.7. The Morgan fingerprint density at radius 3 is 2.90 bits per heavy atom. The van der Waals surface area contributed by atoms with Crippen molar-refractivity contribution in [2.75, 3.05) is 0 Å². The molecule has 2 N–H and O–H groups in total. The molecule has 0 fully saturated rings. The molecule has 0 bridgehead atoms. The molecule has 1 aromatic heterocycles. The van der Waals surface area contributed by atoms with Crippen LogP contribution in [-0.4, -0.2) is 26.9 Å². The molecule has 0 aliphatic carbocycles. The van der Waals surface area contributed by atoms with E-state index >= 15 is 0 Å². The molecule has 4 nitrogen and oxygen atoms in total. The lowest BCUT2D eigenvalue weighted by molar-refractivity contribution is 0.422. The van der Waals surface area contributed by atoms with Gasteiger partial charge in [-0.25, -0.2) is 0 Å². The van der Waals surface area contributed by atoms with E-state index in [2.05, 4.69) is 5.10 Å². The summed E-state index contributed by atoms with van der Waals surface area (Å²) in [6.45, 7) is -2.62. The van der Waals surface area contributed by atoms with Crippen molar-refractivity contribution >= 4 is 12.6 Å². The van der Waals surface area contributed by atoms with Crippen LogP contribution in [-0.2, 0) is 6.98 Å². The van der Waals surface area contributed by atoms with E-state index in [0.29, 0.717) is 4.68 Å². The lowest BCUT2D eigenvalue weighted by atomic mass is 9.83. The Morgan fingerprint density at radius 2 is 2.60 bits per heavy atom. The molecule has 0 amide bonds. The van der Waals surface area contributed by atoms with Gasteiger partial charge in [-0.2, -0.15) is 4.39 Å². The van der Waals surface area contributed by atoms with E-state index in [1.165, 1.54) is 0 Å². The third-order valence-corrected chi connectivity index (χ3v) is 0.973. The first-order chi connectivity index (χ1) is 5.82. The summed E-state index contributed by atoms with van der Waals surface area (Å²) in [5.41, 5.74) is -0.559. The standard InChI is InChI=1S/C4H6BFN2O2/c1-8-2-3(5(9)10)4(6)7-8/h2,9-10H,1H3/i1D3. The molecule has 0 aromatic carbocycles. The van der Waals surface area contributed by atoms with Gasteiger partial charge in [0.2, 0.25) is 5.95 Å².